The Morgan fingerprint density at radius 3 is 2.42 bits per heavy atom. The third-order valence-corrected chi connectivity index (χ3v) is 5.29. The summed E-state index contributed by atoms with van der Waals surface area (Å²) in [6.07, 6.45) is 0.327. The molecule has 0 unspecified atom stereocenters. The number of carboxylic acids is 1. The highest BCUT2D eigenvalue weighted by Crippen LogP contribution is 2.26. The maximum absolute atomic E-state index is 12.4. The van der Waals surface area contributed by atoms with Crippen LogP contribution in [0.15, 0.2) is 42.5 Å². The van der Waals surface area contributed by atoms with Crippen LogP contribution >= 0.6 is 0 Å². The summed E-state index contributed by atoms with van der Waals surface area (Å²) in [5.41, 5.74) is 8.13. The van der Waals surface area contributed by atoms with Gasteiger partial charge in [-0.2, -0.15) is 0 Å². The molecule has 0 heterocycles. The van der Waals surface area contributed by atoms with Gasteiger partial charge in [0.2, 0.25) is 11.8 Å². The van der Waals surface area contributed by atoms with E-state index >= 15 is 0 Å². The summed E-state index contributed by atoms with van der Waals surface area (Å²) in [6, 6.07) is 11.9. The van der Waals surface area contributed by atoms with Crippen molar-refractivity contribution in [3.05, 3.63) is 53.6 Å². The molecule has 2 aromatic carbocycles. The number of nitrogens with zero attached hydrogens (tertiary/aromatic N) is 1. The molecule has 0 aliphatic heterocycles. The van der Waals surface area contributed by atoms with Gasteiger partial charge in [-0.05, 0) is 49.2 Å². The monoisotopic (exact) mass is 499 g/mol. The van der Waals surface area contributed by atoms with Crippen LogP contribution in [0.1, 0.15) is 24.0 Å². The normalized spacial score (nSPS) is 10.3. The lowest BCUT2D eigenvalue weighted by molar-refractivity contribution is -0.139. The number of rotatable bonds is 13. The van der Waals surface area contributed by atoms with E-state index in [1.807, 2.05) is 25.1 Å². The smallest absolute Gasteiger partial charge is 0.323 e. The molecule has 6 N–H and O–H groups in total. The molecule has 0 aromatic heterocycles. The Morgan fingerprint density at radius 2 is 1.75 bits per heavy atom. The molecule has 194 valence electrons. The van der Waals surface area contributed by atoms with Gasteiger partial charge in [0.25, 0.3) is 0 Å². The van der Waals surface area contributed by atoms with Crippen LogP contribution in [0.2, 0.25) is 0 Å². The number of aryl methyl sites for hydroxylation is 1. The van der Waals surface area contributed by atoms with E-state index in [1.54, 1.807) is 24.3 Å². The summed E-state index contributed by atoms with van der Waals surface area (Å²) in [7, 11) is 1.45. The molecule has 36 heavy (non-hydrogen) atoms. The van der Waals surface area contributed by atoms with E-state index in [9.17, 15) is 19.2 Å². The van der Waals surface area contributed by atoms with Crippen LogP contribution < -0.4 is 26.4 Å². The number of nitrogens with one attached hydrogen (secondary N) is 3. The van der Waals surface area contributed by atoms with Crippen LogP contribution in [-0.4, -0.2) is 67.1 Å². The maximum atomic E-state index is 12.4. The molecular weight excluding hydrogens is 466 g/mol. The molecule has 2 rings (SSSR count). The number of hydrogen-bond acceptors (Lipinski definition) is 6. The average Bonchev–Trinajstić information content (AvgIpc) is 2.84. The maximum Gasteiger partial charge on any atom is 0.323 e. The summed E-state index contributed by atoms with van der Waals surface area (Å²) < 4.78 is 5.36. The molecule has 4 amide bonds. The molecular formula is C25H33N5O6. The van der Waals surface area contributed by atoms with Crippen LogP contribution in [0.4, 0.5) is 16.2 Å². The lowest BCUT2D eigenvalue weighted by Gasteiger charge is -2.22. The lowest BCUT2D eigenvalue weighted by Crippen LogP contribution is -2.42. The van der Waals surface area contributed by atoms with Crippen molar-refractivity contribution in [2.24, 2.45) is 5.73 Å². The van der Waals surface area contributed by atoms with Gasteiger partial charge in [0.1, 0.15) is 5.75 Å². The van der Waals surface area contributed by atoms with Crippen LogP contribution in [0.5, 0.6) is 5.75 Å². The standard InChI is InChI=1S/C25H33N5O6/c1-17-6-3-4-7-19(17)28-25(35)29-20-9-8-18(14-21(20)36-2)15-22(31)27-16-23(32)30(12-5-11-26)13-10-24(33)34/h3-4,6-9,14H,5,10-13,15-16,26H2,1-2H3,(H,27,31)(H,33,34)(H2,28,29,35). The Bertz CT molecular complexity index is 1070. The van der Waals surface area contributed by atoms with Crippen molar-refractivity contribution < 1.29 is 29.0 Å². The zero-order valence-corrected chi connectivity index (χ0v) is 20.5. The number of amides is 4. The topological polar surface area (TPSA) is 163 Å². The van der Waals surface area contributed by atoms with Crippen LogP contribution in [0.3, 0.4) is 0 Å². The third-order valence-electron chi connectivity index (χ3n) is 5.29. The minimum absolute atomic E-state index is 0.0166. The van der Waals surface area contributed by atoms with Crippen molar-refractivity contribution in [2.45, 2.75) is 26.2 Å². The first-order valence-corrected chi connectivity index (χ1v) is 11.5. The molecule has 0 saturated heterocycles. The zero-order valence-electron chi connectivity index (χ0n) is 20.5. The van der Waals surface area contributed by atoms with Gasteiger partial charge in [-0.25, -0.2) is 4.79 Å². The Kier molecular flexibility index (Phi) is 11.2. The minimum Gasteiger partial charge on any atom is -0.495 e. The number of carbonyl (C=O) groups is 4. The third kappa shape index (κ3) is 9.26. The minimum atomic E-state index is -1.01. The number of benzene rings is 2. The van der Waals surface area contributed by atoms with Gasteiger partial charge in [0.15, 0.2) is 0 Å². The summed E-state index contributed by atoms with van der Waals surface area (Å²) in [4.78, 5) is 49.4. The fourth-order valence-corrected chi connectivity index (χ4v) is 3.35. The quantitative estimate of drug-likeness (QED) is 0.281. The van der Waals surface area contributed by atoms with Crippen molar-refractivity contribution in [1.29, 1.82) is 0 Å². The summed E-state index contributed by atoms with van der Waals surface area (Å²) in [6.45, 7) is 2.37. The van der Waals surface area contributed by atoms with Gasteiger partial charge in [-0.3, -0.25) is 14.4 Å². The van der Waals surface area contributed by atoms with Gasteiger partial charge >= 0.3 is 12.0 Å². The van der Waals surface area contributed by atoms with Crippen LogP contribution in [-0.2, 0) is 20.8 Å². The Balaban J connectivity index is 1.93. The number of urea groups is 1. The van der Waals surface area contributed by atoms with E-state index in [1.165, 1.54) is 12.0 Å². The number of carboxylic acid groups (broad SMARTS) is 1. The van der Waals surface area contributed by atoms with Gasteiger partial charge in [0, 0.05) is 18.8 Å². The lowest BCUT2D eigenvalue weighted by atomic mass is 10.1. The fraction of sp³-hybridized carbons (Fsp3) is 0.360. The second kappa shape index (κ2) is 14.3. The van der Waals surface area contributed by atoms with Crippen LogP contribution in [0.25, 0.3) is 0 Å². The van der Waals surface area contributed by atoms with Crippen molar-refractivity contribution in [3.63, 3.8) is 0 Å². The van der Waals surface area contributed by atoms with E-state index in [4.69, 9.17) is 15.6 Å². The largest absolute Gasteiger partial charge is 0.495 e. The number of para-hydroxylation sites is 1. The van der Waals surface area contributed by atoms with E-state index in [0.717, 1.165) is 5.56 Å². The van der Waals surface area contributed by atoms with Crippen LogP contribution in [0, 0.1) is 6.92 Å². The van der Waals surface area contributed by atoms with Crippen molar-refractivity contribution in [1.82, 2.24) is 10.2 Å². The van der Waals surface area contributed by atoms with E-state index in [-0.39, 0.29) is 37.7 Å². The second-order valence-electron chi connectivity index (χ2n) is 8.05. The van der Waals surface area contributed by atoms with Gasteiger partial charge in [-0.1, -0.05) is 24.3 Å². The number of nitrogens with two attached hydrogens (primary N) is 1. The number of hydrogen-bond donors (Lipinski definition) is 5. The molecule has 11 heteroatoms. The van der Waals surface area contributed by atoms with E-state index in [2.05, 4.69) is 16.0 Å². The second-order valence-corrected chi connectivity index (χ2v) is 8.05. The van der Waals surface area contributed by atoms with Gasteiger partial charge in [0.05, 0.1) is 32.2 Å². The molecule has 0 atom stereocenters. The molecule has 11 nitrogen and oxygen atoms in total. The molecule has 0 radical (unpaired) electrons. The van der Waals surface area contributed by atoms with Crippen molar-refractivity contribution >= 4 is 35.2 Å². The van der Waals surface area contributed by atoms with E-state index < -0.39 is 12.0 Å². The molecule has 0 aliphatic rings. The van der Waals surface area contributed by atoms with E-state index in [0.29, 0.717) is 42.2 Å². The number of carbonyl (C=O) groups excluding carboxylic acids is 3. The average molecular weight is 500 g/mol. The summed E-state index contributed by atoms with van der Waals surface area (Å²) in [5, 5.41) is 16.9. The summed E-state index contributed by atoms with van der Waals surface area (Å²) >= 11 is 0. The highest BCUT2D eigenvalue weighted by atomic mass is 16.5. The zero-order chi connectivity index (χ0) is 26.5. The van der Waals surface area contributed by atoms with Crippen molar-refractivity contribution in [2.75, 3.05) is 43.9 Å². The molecule has 0 bridgehead atoms. The predicted molar refractivity (Wildman–Crippen MR) is 136 cm³/mol. The number of ether oxygens (including phenoxy) is 1. The molecule has 0 aliphatic carbocycles. The molecule has 2 aromatic rings. The number of anilines is 2. The number of methoxy groups -OCH3 is 1. The highest BCUT2D eigenvalue weighted by Gasteiger charge is 2.16. The first kappa shape index (κ1) is 28.1. The Hall–Kier alpha value is -4.12. The number of aliphatic carboxylic acids is 1. The first-order chi connectivity index (χ1) is 17.2. The van der Waals surface area contributed by atoms with Gasteiger partial charge in [-0.15, -0.1) is 0 Å². The Labute approximate surface area is 210 Å². The molecule has 0 spiro atoms. The fourth-order valence-electron chi connectivity index (χ4n) is 3.35. The first-order valence-electron chi connectivity index (χ1n) is 11.5. The highest BCUT2D eigenvalue weighted by molar-refractivity contribution is 6.01. The molecule has 0 fully saturated rings. The van der Waals surface area contributed by atoms with Crippen molar-refractivity contribution in [3.8, 4) is 5.75 Å². The Morgan fingerprint density at radius 1 is 1.03 bits per heavy atom. The predicted octanol–water partition coefficient (Wildman–Crippen LogP) is 1.96. The molecule has 0 saturated carbocycles. The summed E-state index contributed by atoms with van der Waals surface area (Å²) in [5.74, 6) is -1.41. The SMILES string of the molecule is COc1cc(CC(=O)NCC(=O)N(CCCN)CCC(=O)O)ccc1NC(=O)Nc1ccccc1C. The van der Waals surface area contributed by atoms with Gasteiger partial charge < -0.3 is 36.4 Å².